The predicted octanol–water partition coefficient (Wildman–Crippen LogP) is -2.41. The summed E-state index contributed by atoms with van der Waals surface area (Å²) in [6.45, 7) is 12.4. The lowest BCUT2D eigenvalue weighted by molar-refractivity contribution is -0.908. The van der Waals surface area contributed by atoms with Gasteiger partial charge in [-0.25, -0.2) is 4.79 Å². The second-order valence-electron chi connectivity index (χ2n) is 5.62. The van der Waals surface area contributed by atoms with Crippen LogP contribution < -0.4 is 17.3 Å². The van der Waals surface area contributed by atoms with Gasteiger partial charge in [0.25, 0.3) is 0 Å². The zero-order valence-corrected chi connectivity index (χ0v) is 14.5. The number of carbonyl (C=O) groups excluding carboxylic acids is 1. The van der Waals surface area contributed by atoms with Crippen molar-refractivity contribution in [3.63, 3.8) is 0 Å². The van der Waals surface area contributed by atoms with Gasteiger partial charge >= 0.3 is 5.97 Å². The molecule has 0 aromatic carbocycles. The molecule has 1 fully saturated rings. The Morgan fingerprint density at radius 2 is 2.05 bits per heavy atom. The van der Waals surface area contributed by atoms with Crippen LogP contribution in [0, 0.1) is 13.8 Å². The molecule has 0 aliphatic carbocycles. The first-order valence-corrected chi connectivity index (χ1v) is 7.88. The van der Waals surface area contributed by atoms with Gasteiger partial charge in [-0.1, -0.05) is 0 Å². The highest BCUT2D eigenvalue weighted by Gasteiger charge is 2.17. The molecule has 5 nitrogen and oxygen atoms in total. The Kier molecular flexibility index (Phi) is 7.93. The van der Waals surface area contributed by atoms with E-state index in [9.17, 15) is 4.79 Å². The summed E-state index contributed by atoms with van der Waals surface area (Å²) in [7, 11) is 0. The van der Waals surface area contributed by atoms with Crippen molar-refractivity contribution in [2.24, 2.45) is 0 Å². The van der Waals surface area contributed by atoms with Crippen LogP contribution in [0.3, 0.4) is 0 Å². The summed E-state index contributed by atoms with van der Waals surface area (Å²) >= 11 is 0. The first kappa shape index (κ1) is 19.0. The fraction of sp³-hybridized carbons (Fsp3) is 0.688. The minimum Gasteiger partial charge on any atom is -1.00 e. The highest BCUT2D eigenvalue weighted by atomic mass is 35.5. The zero-order chi connectivity index (χ0) is 15.2. The molecular formula is C16H27ClN2O3. The molecule has 22 heavy (non-hydrogen) atoms. The van der Waals surface area contributed by atoms with Crippen molar-refractivity contribution in [1.29, 1.82) is 0 Å². The molecule has 0 radical (unpaired) electrons. The van der Waals surface area contributed by atoms with Gasteiger partial charge in [-0.2, -0.15) is 0 Å². The Hall–Kier alpha value is -1.04. The Labute approximate surface area is 139 Å². The van der Waals surface area contributed by atoms with Gasteiger partial charge in [0.15, 0.2) is 0 Å². The fourth-order valence-corrected chi connectivity index (χ4v) is 2.96. The third-order valence-electron chi connectivity index (χ3n) is 4.18. The van der Waals surface area contributed by atoms with Gasteiger partial charge in [0, 0.05) is 24.4 Å². The number of hydrogen-bond acceptors (Lipinski definition) is 3. The second-order valence-corrected chi connectivity index (χ2v) is 5.62. The maximum absolute atomic E-state index is 11.9. The lowest BCUT2D eigenvalue weighted by Crippen LogP contribution is -3.14. The van der Waals surface area contributed by atoms with Crippen molar-refractivity contribution in [3.8, 4) is 0 Å². The van der Waals surface area contributed by atoms with Gasteiger partial charge in [-0.05, 0) is 26.8 Å². The standard InChI is InChI=1S/C16H26N2O3.ClH/c1-4-21-16(19)15-12-13(2)18(14(15)3)7-5-6-17-8-10-20-11-9-17;/h12H,4-11H2,1-3H3;1H. The fourth-order valence-electron chi connectivity index (χ4n) is 2.96. The molecule has 0 saturated carbocycles. The molecule has 1 aromatic rings. The lowest BCUT2D eigenvalue weighted by atomic mass is 10.2. The topological polar surface area (TPSA) is 44.9 Å². The molecule has 0 unspecified atom stereocenters. The van der Waals surface area contributed by atoms with Crippen molar-refractivity contribution >= 4 is 5.97 Å². The summed E-state index contributed by atoms with van der Waals surface area (Å²) in [6, 6.07) is 1.94. The van der Waals surface area contributed by atoms with Crippen LogP contribution >= 0.6 is 0 Å². The van der Waals surface area contributed by atoms with Gasteiger partial charge in [0.2, 0.25) is 0 Å². The monoisotopic (exact) mass is 330 g/mol. The number of esters is 1. The van der Waals surface area contributed by atoms with E-state index in [-0.39, 0.29) is 18.4 Å². The second kappa shape index (κ2) is 9.18. The van der Waals surface area contributed by atoms with Crippen LogP contribution in [-0.2, 0) is 16.0 Å². The van der Waals surface area contributed by atoms with Crippen molar-refractivity contribution < 1.29 is 31.6 Å². The number of morpholine rings is 1. The molecule has 0 amide bonds. The smallest absolute Gasteiger partial charge is 0.339 e. The normalized spacial score (nSPS) is 15.4. The first-order valence-electron chi connectivity index (χ1n) is 7.88. The lowest BCUT2D eigenvalue weighted by Gasteiger charge is -2.24. The van der Waals surface area contributed by atoms with Crippen LogP contribution in [0.1, 0.15) is 35.1 Å². The highest BCUT2D eigenvalue weighted by Crippen LogP contribution is 2.16. The zero-order valence-electron chi connectivity index (χ0n) is 13.8. The van der Waals surface area contributed by atoms with Crippen molar-refractivity contribution in [2.75, 3.05) is 39.5 Å². The van der Waals surface area contributed by atoms with Crippen molar-refractivity contribution in [3.05, 3.63) is 23.0 Å². The van der Waals surface area contributed by atoms with Crippen LogP contribution in [0.25, 0.3) is 0 Å². The number of nitrogens with zero attached hydrogens (tertiary/aromatic N) is 1. The van der Waals surface area contributed by atoms with Gasteiger partial charge in [0.05, 0.1) is 31.9 Å². The van der Waals surface area contributed by atoms with E-state index in [1.54, 1.807) is 4.90 Å². The number of aromatic nitrogens is 1. The summed E-state index contributed by atoms with van der Waals surface area (Å²) in [5.74, 6) is -0.212. The van der Waals surface area contributed by atoms with Gasteiger partial charge in [-0.15, -0.1) is 0 Å². The third-order valence-corrected chi connectivity index (χ3v) is 4.18. The maximum atomic E-state index is 11.9. The SMILES string of the molecule is CCOC(=O)c1cc(C)n(CCC[NH+]2CCOCC2)c1C.[Cl-]. The molecule has 1 N–H and O–H groups in total. The number of quaternary nitrogens is 1. The number of rotatable bonds is 6. The minimum atomic E-state index is -0.212. The molecule has 1 aliphatic heterocycles. The largest absolute Gasteiger partial charge is 1.00 e. The summed E-state index contributed by atoms with van der Waals surface area (Å²) < 4.78 is 12.7. The molecular weight excluding hydrogens is 304 g/mol. The molecule has 1 aliphatic rings. The Morgan fingerprint density at radius 1 is 1.36 bits per heavy atom. The van der Waals surface area contributed by atoms with Crippen LogP contribution in [0.2, 0.25) is 0 Å². The number of halogens is 1. The quantitative estimate of drug-likeness (QED) is 0.591. The van der Waals surface area contributed by atoms with Gasteiger partial charge < -0.3 is 31.3 Å². The Bertz CT molecular complexity index is 482. The van der Waals surface area contributed by atoms with Crippen LogP contribution in [0.4, 0.5) is 0 Å². The van der Waals surface area contributed by atoms with Crippen molar-refractivity contribution in [2.45, 2.75) is 33.7 Å². The van der Waals surface area contributed by atoms with E-state index >= 15 is 0 Å². The van der Waals surface area contributed by atoms with E-state index in [2.05, 4.69) is 11.5 Å². The molecule has 0 bridgehead atoms. The summed E-state index contributed by atoms with van der Waals surface area (Å²) in [5, 5.41) is 0. The van der Waals surface area contributed by atoms with Crippen molar-refractivity contribution in [1.82, 2.24) is 4.57 Å². The molecule has 0 spiro atoms. The average molecular weight is 331 g/mol. The first-order chi connectivity index (χ1) is 10.1. The molecule has 126 valence electrons. The Morgan fingerprint density at radius 3 is 2.68 bits per heavy atom. The number of ether oxygens (including phenoxy) is 2. The highest BCUT2D eigenvalue weighted by molar-refractivity contribution is 5.91. The predicted molar refractivity (Wildman–Crippen MR) is 80.9 cm³/mol. The van der Waals surface area contributed by atoms with E-state index in [0.29, 0.717) is 12.2 Å². The van der Waals surface area contributed by atoms with E-state index < -0.39 is 0 Å². The molecule has 0 atom stereocenters. The minimum absolute atomic E-state index is 0. The van der Waals surface area contributed by atoms with E-state index in [4.69, 9.17) is 9.47 Å². The van der Waals surface area contributed by atoms with Crippen LogP contribution in [0.5, 0.6) is 0 Å². The average Bonchev–Trinajstić information content (AvgIpc) is 2.76. The van der Waals surface area contributed by atoms with E-state index in [0.717, 1.165) is 57.2 Å². The maximum Gasteiger partial charge on any atom is 0.339 e. The molecule has 2 rings (SSSR count). The number of aryl methyl sites for hydroxylation is 1. The van der Waals surface area contributed by atoms with Gasteiger partial charge in [-0.3, -0.25) is 0 Å². The number of nitrogens with one attached hydrogen (secondary N) is 1. The molecule has 2 heterocycles. The van der Waals surface area contributed by atoms with Gasteiger partial charge in [0.1, 0.15) is 13.1 Å². The molecule has 1 aromatic heterocycles. The number of carbonyl (C=O) groups is 1. The van der Waals surface area contributed by atoms with E-state index in [1.807, 2.05) is 19.9 Å². The van der Waals surface area contributed by atoms with E-state index in [1.165, 1.54) is 0 Å². The third kappa shape index (κ3) is 4.73. The van der Waals surface area contributed by atoms with Crippen LogP contribution in [0.15, 0.2) is 6.07 Å². The summed E-state index contributed by atoms with van der Waals surface area (Å²) in [6.07, 6.45) is 1.12. The number of hydrogen-bond donors (Lipinski definition) is 1. The molecule has 6 heteroatoms. The summed E-state index contributed by atoms with van der Waals surface area (Å²) in [5.41, 5.74) is 2.85. The Balaban J connectivity index is 0.00000242. The van der Waals surface area contributed by atoms with Crippen LogP contribution in [-0.4, -0.2) is 50.0 Å². The summed E-state index contributed by atoms with van der Waals surface area (Å²) in [4.78, 5) is 13.5. The molecule has 1 saturated heterocycles.